The Kier molecular flexibility index (Phi) is 4.28. The quantitative estimate of drug-likeness (QED) is 0.862. The molecule has 18 heavy (non-hydrogen) atoms. The Hall–Kier alpha value is -1.02. The first-order valence-electron chi connectivity index (χ1n) is 7.22. The molecule has 1 saturated heterocycles. The Morgan fingerprint density at radius 2 is 2.06 bits per heavy atom. The van der Waals surface area contributed by atoms with Crippen molar-refractivity contribution in [2.24, 2.45) is 0 Å². The van der Waals surface area contributed by atoms with Crippen molar-refractivity contribution in [2.75, 3.05) is 18.0 Å². The van der Waals surface area contributed by atoms with Crippen molar-refractivity contribution >= 4 is 5.69 Å². The summed E-state index contributed by atoms with van der Waals surface area (Å²) in [7, 11) is 0. The molecule has 2 atom stereocenters. The Labute approximate surface area is 111 Å². The van der Waals surface area contributed by atoms with Crippen molar-refractivity contribution in [3.05, 3.63) is 29.3 Å². The Bertz CT molecular complexity index is 388. The van der Waals surface area contributed by atoms with Gasteiger partial charge in [0.25, 0.3) is 0 Å². The van der Waals surface area contributed by atoms with Crippen LogP contribution in [0.15, 0.2) is 18.2 Å². The first-order valence-corrected chi connectivity index (χ1v) is 7.22. The van der Waals surface area contributed by atoms with Crippen LogP contribution in [-0.2, 0) is 6.42 Å². The van der Waals surface area contributed by atoms with Gasteiger partial charge in [0.05, 0.1) is 0 Å². The number of hydrogen-bond donors (Lipinski definition) is 1. The molecule has 0 aliphatic carbocycles. The van der Waals surface area contributed by atoms with Gasteiger partial charge in [-0.05, 0) is 51.3 Å². The minimum Gasteiger partial charge on any atom is -0.364 e. The van der Waals surface area contributed by atoms with Crippen molar-refractivity contribution in [1.29, 1.82) is 0 Å². The molecule has 2 unspecified atom stereocenters. The second-order valence-corrected chi connectivity index (χ2v) is 5.53. The average molecular weight is 246 g/mol. The summed E-state index contributed by atoms with van der Waals surface area (Å²) in [5, 5.41) is 3.54. The van der Waals surface area contributed by atoms with Crippen molar-refractivity contribution in [2.45, 2.75) is 52.6 Å². The summed E-state index contributed by atoms with van der Waals surface area (Å²) in [5.74, 6) is 0. The zero-order valence-corrected chi connectivity index (χ0v) is 12.2. The van der Waals surface area contributed by atoms with Crippen LogP contribution in [0.2, 0.25) is 0 Å². The van der Waals surface area contributed by atoms with Crippen LogP contribution < -0.4 is 10.2 Å². The maximum atomic E-state index is 3.54. The number of nitrogens with one attached hydrogen (secondary N) is 1. The molecule has 0 saturated carbocycles. The Morgan fingerprint density at radius 1 is 1.28 bits per heavy atom. The smallest absolute Gasteiger partial charge is 0.0433 e. The fourth-order valence-electron chi connectivity index (χ4n) is 3.11. The number of aryl methyl sites for hydroxylation is 2. The molecule has 0 bridgehead atoms. The molecule has 0 spiro atoms. The van der Waals surface area contributed by atoms with E-state index in [2.05, 4.69) is 56.1 Å². The molecule has 1 aliphatic rings. The standard InChI is InChI=1S/C16H26N2/c1-5-15-8-6-7-12(2)16(15)18-13(3)9-10-17-11-14(18)4/h6-8,13-14,17H,5,9-11H2,1-4H3. The molecule has 0 radical (unpaired) electrons. The monoisotopic (exact) mass is 246 g/mol. The normalized spacial score (nSPS) is 25.0. The maximum absolute atomic E-state index is 3.54. The molecular formula is C16H26N2. The van der Waals surface area contributed by atoms with Gasteiger partial charge in [-0.25, -0.2) is 0 Å². The number of anilines is 1. The third kappa shape index (κ3) is 2.54. The molecule has 1 heterocycles. The predicted molar refractivity (Wildman–Crippen MR) is 79.4 cm³/mol. The van der Waals surface area contributed by atoms with Crippen LogP contribution in [-0.4, -0.2) is 25.2 Å². The van der Waals surface area contributed by atoms with E-state index in [1.165, 1.54) is 23.2 Å². The fraction of sp³-hybridized carbons (Fsp3) is 0.625. The molecular weight excluding hydrogens is 220 g/mol. The molecule has 0 aromatic heterocycles. The lowest BCUT2D eigenvalue weighted by molar-refractivity contribution is 0.572. The van der Waals surface area contributed by atoms with Gasteiger partial charge in [0, 0.05) is 24.3 Å². The van der Waals surface area contributed by atoms with Gasteiger partial charge in [-0.1, -0.05) is 25.1 Å². The molecule has 1 aromatic carbocycles. The molecule has 0 amide bonds. The lowest BCUT2D eigenvalue weighted by Gasteiger charge is -2.37. The number of nitrogens with zero attached hydrogens (tertiary/aromatic N) is 1. The highest BCUT2D eigenvalue weighted by Crippen LogP contribution is 2.30. The molecule has 2 heteroatoms. The van der Waals surface area contributed by atoms with Gasteiger partial charge in [0.1, 0.15) is 0 Å². The minimum atomic E-state index is 0.564. The van der Waals surface area contributed by atoms with Gasteiger partial charge in [-0.15, -0.1) is 0 Å². The van der Waals surface area contributed by atoms with Gasteiger partial charge >= 0.3 is 0 Å². The highest BCUT2D eigenvalue weighted by molar-refractivity contribution is 5.61. The molecule has 2 rings (SSSR count). The van der Waals surface area contributed by atoms with E-state index >= 15 is 0 Å². The highest BCUT2D eigenvalue weighted by atomic mass is 15.2. The van der Waals surface area contributed by atoms with E-state index in [1.807, 2.05) is 0 Å². The lowest BCUT2D eigenvalue weighted by atomic mass is 10.0. The van der Waals surface area contributed by atoms with Crippen molar-refractivity contribution in [3.8, 4) is 0 Å². The third-order valence-corrected chi connectivity index (χ3v) is 4.09. The second kappa shape index (κ2) is 5.75. The molecule has 1 fully saturated rings. The van der Waals surface area contributed by atoms with E-state index in [0.29, 0.717) is 12.1 Å². The summed E-state index contributed by atoms with van der Waals surface area (Å²) in [6.45, 7) is 11.4. The third-order valence-electron chi connectivity index (χ3n) is 4.09. The molecule has 1 N–H and O–H groups in total. The van der Waals surface area contributed by atoms with Crippen LogP contribution >= 0.6 is 0 Å². The van der Waals surface area contributed by atoms with E-state index in [-0.39, 0.29) is 0 Å². The van der Waals surface area contributed by atoms with E-state index in [1.54, 1.807) is 0 Å². The van der Waals surface area contributed by atoms with Gasteiger partial charge in [0.2, 0.25) is 0 Å². The lowest BCUT2D eigenvalue weighted by Crippen LogP contribution is -2.42. The molecule has 1 aliphatic heterocycles. The number of para-hydroxylation sites is 1. The van der Waals surface area contributed by atoms with Crippen LogP contribution in [0.4, 0.5) is 5.69 Å². The van der Waals surface area contributed by atoms with E-state index in [0.717, 1.165) is 19.5 Å². The zero-order valence-electron chi connectivity index (χ0n) is 12.2. The zero-order chi connectivity index (χ0) is 13.1. The fourth-order valence-corrected chi connectivity index (χ4v) is 3.11. The van der Waals surface area contributed by atoms with Crippen LogP contribution in [0.25, 0.3) is 0 Å². The van der Waals surface area contributed by atoms with Crippen LogP contribution in [0.5, 0.6) is 0 Å². The Balaban J connectivity index is 2.44. The molecule has 1 aromatic rings. The SMILES string of the molecule is CCc1cccc(C)c1N1C(C)CCNCC1C. The summed E-state index contributed by atoms with van der Waals surface area (Å²) in [5.41, 5.74) is 4.37. The van der Waals surface area contributed by atoms with Crippen LogP contribution in [0, 0.1) is 6.92 Å². The van der Waals surface area contributed by atoms with E-state index in [4.69, 9.17) is 0 Å². The first kappa shape index (κ1) is 13.4. The van der Waals surface area contributed by atoms with E-state index < -0.39 is 0 Å². The van der Waals surface area contributed by atoms with Crippen molar-refractivity contribution in [3.63, 3.8) is 0 Å². The van der Waals surface area contributed by atoms with Gasteiger partial charge in [-0.3, -0.25) is 0 Å². The molecule has 2 nitrogen and oxygen atoms in total. The maximum Gasteiger partial charge on any atom is 0.0433 e. The second-order valence-electron chi connectivity index (χ2n) is 5.53. The highest BCUT2D eigenvalue weighted by Gasteiger charge is 2.25. The van der Waals surface area contributed by atoms with E-state index in [9.17, 15) is 0 Å². The summed E-state index contributed by atoms with van der Waals surface area (Å²) < 4.78 is 0. The van der Waals surface area contributed by atoms with Crippen LogP contribution in [0.1, 0.15) is 38.3 Å². The summed E-state index contributed by atoms with van der Waals surface area (Å²) in [4.78, 5) is 2.63. The first-order chi connectivity index (χ1) is 8.65. The number of benzene rings is 1. The minimum absolute atomic E-state index is 0.564. The van der Waals surface area contributed by atoms with Gasteiger partial charge in [0.15, 0.2) is 0 Å². The van der Waals surface area contributed by atoms with Crippen LogP contribution in [0.3, 0.4) is 0 Å². The summed E-state index contributed by atoms with van der Waals surface area (Å²) >= 11 is 0. The number of hydrogen-bond acceptors (Lipinski definition) is 2. The number of rotatable bonds is 2. The van der Waals surface area contributed by atoms with Gasteiger partial charge in [-0.2, -0.15) is 0 Å². The largest absolute Gasteiger partial charge is 0.364 e. The average Bonchev–Trinajstić information content (AvgIpc) is 2.51. The predicted octanol–water partition coefficient (Wildman–Crippen LogP) is 3.13. The molecule has 100 valence electrons. The van der Waals surface area contributed by atoms with Crippen molar-refractivity contribution < 1.29 is 0 Å². The Morgan fingerprint density at radius 3 is 2.78 bits per heavy atom. The van der Waals surface area contributed by atoms with Crippen molar-refractivity contribution in [1.82, 2.24) is 5.32 Å². The van der Waals surface area contributed by atoms with Gasteiger partial charge < -0.3 is 10.2 Å². The topological polar surface area (TPSA) is 15.3 Å². The summed E-state index contributed by atoms with van der Waals surface area (Å²) in [6, 6.07) is 7.88. The summed E-state index contributed by atoms with van der Waals surface area (Å²) in [6.07, 6.45) is 2.34.